The first-order valence-corrected chi connectivity index (χ1v) is 15.9. The molecule has 0 fully saturated rings. The number of rotatable bonds is 10. The molecule has 0 amide bonds. The van der Waals surface area contributed by atoms with E-state index < -0.39 is 14.4 Å². The maximum Gasteiger partial charge on any atom is 0.329 e. The monoisotopic (exact) mass is 551 g/mol. The van der Waals surface area contributed by atoms with Gasteiger partial charge in [-0.05, 0) is 59.0 Å². The molecule has 1 heterocycles. The Hall–Kier alpha value is -3.63. The fraction of sp³-hybridized carbons (Fsp3) is 0.314. The molecule has 1 atom stereocenters. The summed E-state index contributed by atoms with van der Waals surface area (Å²) in [6, 6.07) is 29.3. The predicted molar refractivity (Wildman–Crippen MR) is 168 cm³/mol. The Kier molecular flexibility index (Phi) is 9.31. The molecule has 0 radical (unpaired) electrons. The van der Waals surface area contributed by atoms with Crippen molar-refractivity contribution in [2.75, 3.05) is 13.7 Å². The second kappa shape index (κ2) is 12.7. The molecule has 4 nitrogen and oxygen atoms in total. The van der Waals surface area contributed by atoms with E-state index in [1.54, 1.807) is 0 Å². The third-order valence-corrected chi connectivity index (χ3v) is 12.5. The van der Waals surface area contributed by atoms with Crippen LogP contribution in [0.1, 0.15) is 52.6 Å². The number of nitrogens with zero attached hydrogens (tertiary/aromatic N) is 1. The zero-order chi connectivity index (χ0) is 28.8. The number of fused-ring (bicyclic) bond motifs is 1. The lowest BCUT2D eigenvalue weighted by molar-refractivity contribution is -0.144. The molecule has 4 rings (SSSR count). The summed E-state index contributed by atoms with van der Waals surface area (Å²) in [5.74, 6) is -0.261. The highest BCUT2D eigenvalue weighted by Crippen LogP contribution is 2.37. The molecule has 0 spiro atoms. The zero-order valence-corrected chi connectivity index (χ0v) is 25.6. The van der Waals surface area contributed by atoms with Gasteiger partial charge in [0.25, 0.3) is 8.32 Å². The second-order valence-corrected chi connectivity index (χ2v) is 15.8. The van der Waals surface area contributed by atoms with E-state index in [1.165, 1.54) is 17.5 Å². The molecule has 0 aliphatic carbocycles. The third-order valence-electron chi connectivity index (χ3n) is 7.47. The molecule has 0 aliphatic rings. The molecular weight excluding hydrogens is 510 g/mol. The fourth-order valence-electron chi connectivity index (χ4n) is 5.64. The van der Waals surface area contributed by atoms with Crippen molar-refractivity contribution in [2.45, 2.75) is 58.5 Å². The molecule has 0 saturated heterocycles. The summed E-state index contributed by atoms with van der Waals surface area (Å²) in [5, 5.41) is 3.59. The maximum absolute atomic E-state index is 12.9. The summed E-state index contributed by atoms with van der Waals surface area (Å²) in [6.45, 7) is 11.5. The van der Waals surface area contributed by atoms with Gasteiger partial charge < -0.3 is 13.7 Å². The van der Waals surface area contributed by atoms with E-state index in [9.17, 15) is 4.79 Å². The summed E-state index contributed by atoms with van der Waals surface area (Å²) in [5.41, 5.74) is 6.48. The largest absolute Gasteiger partial charge is 0.467 e. The first-order valence-electron chi connectivity index (χ1n) is 14.0. The van der Waals surface area contributed by atoms with E-state index >= 15 is 0 Å². The molecule has 1 unspecified atom stereocenters. The van der Waals surface area contributed by atoms with Gasteiger partial charge in [0.05, 0.1) is 7.11 Å². The van der Waals surface area contributed by atoms with Crippen LogP contribution in [0.3, 0.4) is 0 Å². The summed E-state index contributed by atoms with van der Waals surface area (Å²) in [6.07, 6.45) is 5.28. The normalized spacial score (nSPS) is 12.6. The maximum atomic E-state index is 12.9. The Morgan fingerprint density at radius 3 is 2.05 bits per heavy atom. The van der Waals surface area contributed by atoms with Crippen molar-refractivity contribution in [3.05, 3.63) is 114 Å². The minimum absolute atomic E-state index is 0.0864. The Bertz CT molecular complexity index is 1450. The number of esters is 1. The first-order chi connectivity index (χ1) is 19.2. The van der Waals surface area contributed by atoms with Crippen molar-refractivity contribution in [3.8, 4) is 0 Å². The van der Waals surface area contributed by atoms with Gasteiger partial charge in [0.1, 0.15) is 6.04 Å². The van der Waals surface area contributed by atoms with Crippen LogP contribution in [0.15, 0.2) is 109 Å². The number of aromatic nitrogens is 1. The van der Waals surface area contributed by atoms with Crippen LogP contribution in [0.25, 0.3) is 10.9 Å². The standard InChI is InChI=1S/C35H41NO3Si/c1-27(2)16-15-23-33(34(37)38-6)36-26-28(31-21-13-14-22-32(31)36)24-25-39-40(35(3,4)5,29-17-9-7-10-18-29)30-19-11-8-12-20-30/h7-15,17-22,26,33H,23-25H2,1-6H3. The van der Waals surface area contributed by atoms with Crippen LogP contribution in [0.5, 0.6) is 0 Å². The Morgan fingerprint density at radius 1 is 0.925 bits per heavy atom. The smallest absolute Gasteiger partial charge is 0.329 e. The van der Waals surface area contributed by atoms with Crippen LogP contribution in [0, 0.1) is 0 Å². The minimum Gasteiger partial charge on any atom is -0.467 e. The first kappa shape index (κ1) is 29.4. The molecule has 3 aromatic carbocycles. The van der Waals surface area contributed by atoms with Gasteiger partial charge in [0, 0.05) is 30.1 Å². The minimum atomic E-state index is -2.63. The van der Waals surface area contributed by atoms with Gasteiger partial charge in [-0.25, -0.2) is 4.79 Å². The highest BCUT2D eigenvalue weighted by atomic mass is 28.4. The number of methoxy groups -OCH3 is 1. The van der Waals surface area contributed by atoms with Crippen molar-refractivity contribution in [3.63, 3.8) is 0 Å². The highest BCUT2D eigenvalue weighted by Gasteiger charge is 2.50. The van der Waals surface area contributed by atoms with Gasteiger partial charge in [0.15, 0.2) is 0 Å². The van der Waals surface area contributed by atoms with Gasteiger partial charge >= 0.3 is 5.97 Å². The van der Waals surface area contributed by atoms with Crippen LogP contribution >= 0.6 is 0 Å². The average molecular weight is 552 g/mol. The summed E-state index contributed by atoms with van der Waals surface area (Å²) >= 11 is 0. The summed E-state index contributed by atoms with van der Waals surface area (Å²) < 4.78 is 14.4. The van der Waals surface area contributed by atoms with Crippen LogP contribution in [-0.4, -0.2) is 32.6 Å². The number of carbonyl (C=O) groups is 1. The van der Waals surface area contributed by atoms with Crippen LogP contribution in [0.4, 0.5) is 0 Å². The van der Waals surface area contributed by atoms with Crippen LogP contribution in [0.2, 0.25) is 5.04 Å². The number of carbonyl (C=O) groups excluding carboxylic acids is 1. The highest BCUT2D eigenvalue weighted by molar-refractivity contribution is 6.99. The van der Waals surface area contributed by atoms with Crippen molar-refractivity contribution in [1.29, 1.82) is 0 Å². The van der Waals surface area contributed by atoms with Crippen molar-refractivity contribution >= 4 is 35.6 Å². The van der Waals surface area contributed by atoms with Gasteiger partial charge in [-0.1, -0.05) is 99.6 Å². The van der Waals surface area contributed by atoms with E-state index in [0.29, 0.717) is 13.0 Å². The van der Waals surface area contributed by atoms with Gasteiger partial charge in [-0.2, -0.15) is 0 Å². The average Bonchev–Trinajstić information content (AvgIpc) is 3.31. The van der Waals surface area contributed by atoms with Crippen LogP contribution in [-0.2, 0) is 20.4 Å². The fourth-order valence-corrected chi connectivity index (χ4v) is 10.2. The molecule has 0 saturated carbocycles. The van der Waals surface area contributed by atoms with Gasteiger partial charge in [-0.3, -0.25) is 0 Å². The number of ether oxygens (including phenoxy) is 1. The number of allylic oxidation sites excluding steroid dienone is 1. The Labute approximate surface area is 240 Å². The molecular formula is C35H41NO3Si. The number of para-hydroxylation sites is 1. The lowest BCUT2D eigenvalue weighted by atomic mass is 10.1. The molecule has 0 N–H and O–H groups in total. The van der Waals surface area contributed by atoms with E-state index in [0.717, 1.165) is 28.5 Å². The van der Waals surface area contributed by atoms with Crippen LogP contribution < -0.4 is 10.4 Å². The van der Waals surface area contributed by atoms with E-state index in [4.69, 9.17) is 9.16 Å². The third kappa shape index (κ3) is 6.07. The molecule has 208 valence electrons. The lowest BCUT2D eigenvalue weighted by Crippen LogP contribution is -2.66. The Morgan fingerprint density at radius 2 is 1.50 bits per heavy atom. The quantitative estimate of drug-likeness (QED) is 0.121. The van der Waals surface area contributed by atoms with E-state index in [-0.39, 0.29) is 11.0 Å². The van der Waals surface area contributed by atoms with E-state index in [1.807, 2.05) is 26.0 Å². The van der Waals surface area contributed by atoms with Crippen molar-refractivity contribution < 1.29 is 14.0 Å². The molecule has 40 heavy (non-hydrogen) atoms. The van der Waals surface area contributed by atoms with Crippen molar-refractivity contribution in [2.24, 2.45) is 0 Å². The van der Waals surface area contributed by atoms with Gasteiger partial charge in [0.2, 0.25) is 0 Å². The Balaban J connectivity index is 1.72. The SMILES string of the molecule is COC(=O)C(CC=C=C(C)C)n1cc(CCO[Si](c2ccccc2)(c2ccccc2)C(C)(C)C)c2ccccc21. The number of hydrogen-bond acceptors (Lipinski definition) is 3. The molecule has 4 aromatic rings. The molecule has 0 bridgehead atoms. The molecule has 0 aliphatic heterocycles. The zero-order valence-electron chi connectivity index (χ0n) is 24.6. The summed E-state index contributed by atoms with van der Waals surface area (Å²) in [7, 11) is -1.19. The molecule has 1 aromatic heterocycles. The summed E-state index contributed by atoms with van der Waals surface area (Å²) in [4.78, 5) is 12.9. The number of benzene rings is 3. The van der Waals surface area contributed by atoms with Crippen molar-refractivity contribution in [1.82, 2.24) is 4.57 Å². The topological polar surface area (TPSA) is 40.5 Å². The molecule has 5 heteroatoms. The van der Waals surface area contributed by atoms with Gasteiger partial charge in [-0.15, -0.1) is 5.73 Å². The predicted octanol–water partition coefficient (Wildman–Crippen LogP) is 6.99. The number of hydrogen-bond donors (Lipinski definition) is 0. The van der Waals surface area contributed by atoms with E-state index in [2.05, 4.69) is 116 Å². The lowest BCUT2D eigenvalue weighted by Gasteiger charge is -2.43. The second-order valence-electron chi connectivity index (χ2n) is 11.5.